The van der Waals surface area contributed by atoms with Gasteiger partial charge in [0.2, 0.25) is 0 Å². The quantitative estimate of drug-likeness (QED) is 0.291. The number of pyridine rings is 1. The molecule has 0 radical (unpaired) electrons. The number of imidazole rings is 1. The second-order valence-electron chi connectivity index (χ2n) is 7.84. The molecule has 4 rings (SSSR count). The molecule has 0 fully saturated rings. The van der Waals surface area contributed by atoms with Gasteiger partial charge in [0.25, 0.3) is 5.91 Å². The van der Waals surface area contributed by atoms with Crippen molar-refractivity contribution in [1.82, 2.24) is 20.0 Å². The molecule has 6 heteroatoms. The number of fused-ring (bicyclic) bond motifs is 1. The molecule has 0 aliphatic carbocycles. The fourth-order valence-electron chi connectivity index (χ4n) is 3.60. The number of carbonyl (C=O) groups is 1. The zero-order chi connectivity index (χ0) is 26.3. The molecule has 1 unspecified atom stereocenters. The fourth-order valence-corrected chi connectivity index (χ4v) is 3.60. The van der Waals surface area contributed by atoms with Crippen LogP contribution in [-0.2, 0) is 13.0 Å². The van der Waals surface area contributed by atoms with E-state index in [0.29, 0.717) is 18.7 Å². The standard InChI is InChI=1S/C26H28N4O2.2C2H6/c1-2-19-7-6-8-20(13-19)14-27-15-23(31)16-28-26(32)22-11-12-25-29-24(18-30(25)17-22)21-9-4-3-5-10-21;2*1-2/h3-13,17-18,23,27,31H,2,14-16H2,1H3,(H,28,32);2*1-2H3. The molecule has 0 saturated carbocycles. The van der Waals surface area contributed by atoms with E-state index < -0.39 is 6.10 Å². The number of hydrogen-bond acceptors (Lipinski definition) is 4. The van der Waals surface area contributed by atoms with Gasteiger partial charge in [0.15, 0.2) is 0 Å². The molecular weight excluding hydrogens is 448 g/mol. The Hall–Kier alpha value is -3.48. The van der Waals surface area contributed by atoms with E-state index in [2.05, 4.69) is 40.7 Å². The highest BCUT2D eigenvalue weighted by Crippen LogP contribution is 2.19. The van der Waals surface area contributed by atoms with Crippen LogP contribution in [0, 0.1) is 0 Å². The Kier molecular flexibility index (Phi) is 12.4. The molecule has 2 heterocycles. The Balaban J connectivity index is 0.00000109. The lowest BCUT2D eigenvalue weighted by Gasteiger charge is -2.13. The minimum absolute atomic E-state index is 0.179. The largest absolute Gasteiger partial charge is 0.390 e. The van der Waals surface area contributed by atoms with E-state index in [1.54, 1.807) is 12.3 Å². The molecule has 3 N–H and O–H groups in total. The summed E-state index contributed by atoms with van der Waals surface area (Å²) in [5, 5.41) is 16.3. The van der Waals surface area contributed by atoms with Gasteiger partial charge in [0.05, 0.1) is 17.4 Å². The maximum absolute atomic E-state index is 12.6. The smallest absolute Gasteiger partial charge is 0.252 e. The molecule has 0 spiro atoms. The van der Waals surface area contributed by atoms with Crippen LogP contribution in [-0.4, -0.2) is 39.6 Å². The van der Waals surface area contributed by atoms with E-state index in [1.807, 2.05) is 80.8 Å². The van der Waals surface area contributed by atoms with Crippen molar-refractivity contribution >= 4 is 11.6 Å². The number of aryl methyl sites for hydroxylation is 1. The minimum Gasteiger partial charge on any atom is -0.390 e. The molecule has 0 aliphatic heterocycles. The number of hydrogen-bond donors (Lipinski definition) is 3. The second-order valence-corrected chi connectivity index (χ2v) is 7.84. The highest BCUT2D eigenvalue weighted by molar-refractivity contribution is 5.94. The van der Waals surface area contributed by atoms with Crippen molar-refractivity contribution in [3.8, 4) is 11.3 Å². The SMILES string of the molecule is CC.CC.CCc1cccc(CNCC(O)CNC(=O)c2ccc3nc(-c4ccccc4)cn3c2)c1. The highest BCUT2D eigenvalue weighted by atomic mass is 16.3. The van der Waals surface area contributed by atoms with Gasteiger partial charge in [-0.1, -0.05) is 89.2 Å². The van der Waals surface area contributed by atoms with E-state index in [9.17, 15) is 9.90 Å². The fraction of sp³-hybridized carbons (Fsp3) is 0.333. The second kappa shape index (κ2) is 15.5. The molecule has 2 aromatic heterocycles. The molecule has 1 atom stereocenters. The summed E-state index contributed by atoms with van der Waals surface area (Å²) < 4.78 is 1.85. The first-order valence-electron chi connectivity index (χ1n) is 12.9. The van der Waals surface area contributed by atoms with Gasteiger partial charge < -0.3 is 20.1 Å². The Labute approximate surface area is 215 Å². The molecule has 2 aromatic carbocycles. The van der Waals surface area contributed by atoms with Gasteiger partial charge in [0, 0.05) is 37.6 Å². The predicted octanol–water partition coefficient (Wildman–Crippen LogP) is 5.50. The molecule has 0 bridgehead atoms. The van der Waals surface area contributed by atoms with Crippen molar-refractivity contribution in [2.45, 2.75) is 53.7 Å². The first kappa shape index (κ1) is 28.8. The number of aromatic nitrogens is 2. The topological polar surface area (TPSA) is 78.7 Å². The van der Waals surface area contributed by atoms with Crippen LogP contribution < -0.4 is 10.6 Å². The van der Waals surface area contributed by atoms with Crippen molar-refractivity contribution in [1.29, 1.82) is 0 Å². The van der Waals surface area contributed by atoms with E-state index in [4.69, 9.17) is 0 Å². The molecule has 4 aromatic rings. The Morgan fingerprint density at radius 2 is 1.64 bits per heavy atom. The van der Waals surface area contributed by atoms with E-state index in [1.165, 1.54) is 11.1 Å². The Morgan fingerprint density at radius 3 is 2.36 bits per heavy atom. The van der Waals surface area contributed by atoms with Gasteiger partial charge in [-0.3, -0.25) is 4.79 Å². The average Bonchev–Trinajstić information content (AvgIpc) is 3.38. The lowest BCUT2D eigenvalue weighted by Crippen LogP contribution is -2.38. The maximum atomic E-state index is 12.6. The van der Waals surface area contributed by atoms with Crippen LogP contribution in [0.15, 0.2) is 79.1 Å². The Morgan fingerprint density at radius 1 is 0.917 bits per heavy atom. The third-order valence-electron chi connectivity index (χ3n) is 5.39. The molecule has 6 nitrogen and oxygen atoms in total. The lowest BCUT2D eigenvalue weighted by atomic mass is 10.1. The molecule has 0 aliphatic rings. The Bertz CT molecular complexity index is 1190. The van der Waals surface area contributed by atoms with Crippen LogP contribution in [0.5, 0.6) is 0 Å². The summed E-state index contributed by atoms with van der Waals surface area (Å²) in [6.45, 7) is 11.4. The van der Waals surface area contributed by atoms with Crippen molar-refractivity contribution in [3.05, 3.63) is 95.8 Å². The van der Waals surface area contributed by atoms with Crippen molar-refractivity contribution in [2.24, 2.45) is 0 Å². The zero-order valence-electron chi connectivity index (χ0n) is 22.2. The van der Waals surface area contributed by atoms with Gasteiger partial charge in [-0.05, 0) is 29.7 Å². The van der Waals surface area contributed by atoms with Crippen LogP contribution in [0.1, 0.15) is 56.1 Å². The summed E-state index contributed by atoms with van der Waals surface area (Å²) in [5.74, 6) is -0.225. The summed E-state index contributed by atoms with van der Waals surface area (Å²) in [4.78, 5) is 17.2. The molecule has 1 amide bonds. The third-order valence-corrected chi connectivity index (χ3v) is 5.39. The van der Waals surface area contributed by atoms with Gasteiger partial charge in [-0.2, -0.15) is 0 Å². The van der Waals surface area contributed by atoms with Crippen molar-refractivity contribution < 1.29 is 9.90 Å². The normalized spacial score (nSPS) is 11.1. The summed E-state index contributed by atoms with van der Waals surface area (Å²) in [5.41, 5.74) is 5.66. The number of aliphatic hydroxyl groups is 1. The van der Waals surface area contributed by atoms with E-state index in [0.717, 1.165) is 23.3 Å². The van der Waals surface area contributed by atoms with Crippen LogP contribution in [0.2, 0.25) is 0 Å². The van der Waals surface area contributed by atoms with Crippen LogP contribution >= 0.6 is 0 Å². The molecule has 192 valence electrons. The summed E-state index contributed by atoms with van der Waals surface area (Å²) >= 11 is 0. The first-order valence-corrected chi connectivity index (χ1v) is 12.9. The number of amides is 1. The lowest BCUT2D eigenvalue weighted by molar-refractivity contribution is 0.0915. The van der Waals surface area contributed by atoms with Gasteiger partial charge in [-0.15, -0.1) is 0 Å². The third kappa shape index (κ3) is 8.33. The summed E-state index contributed by atoms with van der Waals surface area (Å²) in [7, 11) is 0. The van der Waals surface area contributed by atoms with Crippen LogP contribution in [0.3, 0.4) is 0 Å². The maximum Gasteiger partial charge on any atom is 0.252 e. The zero-order valence-corrected chi connectivity index (χ0v) is 22.2. The monoisotopic (exact) mass is 488 g/mol. The number of carbonyl (C=O) groups excluding carboxylic acids is 1. The number of aliphatic hydroxyl groups excluding tert-OH is 1. The van der Waals surface area contributed by atoms with Crippen LogP contribution in [0.4, 0.5) is 0 Å². The summed E-state index contributed by atoms with van der Waals surface area (Å²) in [6, 6.07) is 21.9. The summed E-state index contributed by atoms with van der Waals surface area (Å²) in [6.07, 6.45) is 4.00. The van der Waals surface area contributed by atoms with E-state index in [-0.39, 0.29) is 12.5 Å². The van der Waals surface area contributed by atoms with Crippen molar-refractivity contribution in [3.63, 3.8) is 0 Å². The molecular formula is C30H40N4O2. The highest BCUT2D eigenvalue weighted by Gasteiger charge is 2.11. The number of benzene rings is 2. The predicted molar refractivity (Wildman–Crippen MR) is 149 cm³/mol. The number of rotatable bonds is 9. The van der Waals surface area contributed by atoms with Gasteiger partial charge in [-0.25, -0.2) is 4.98 Å². The molecule has 36 heavy (non-hydrogen) atoms. The first-order chi connectivity index (χ1) is 17.6. The number of nitrogens with one attached hydrogen (secondary N) is 2. The minimum atomic E-state index is -0.671. The van der Waals surface area contributed by atoms with Crippen LogP contribution in [0.25, 0.3) is 16.9 Å². The molecule has 0 saturated heterocycles. The van der Waals surface area contributed by atoms with Crippen molar-refractivity contribution in [2.75, 3.05) is 13.1 Å². The van der Waals surface area contributed by atoms with Gasteiger partial charge >= 0.3 is 0 Å². The average molecular weight is 489 g/mol. The van der Waals surface area contributed by atoms with E-state index >= 15 is 0 Å². The number of nitrogens with zero attached hydrogens (tertiary/aromatic N) is 2. The van der Waals surface area contributed by atoms with Gasteiger partial charge in [0.1, 0.15) is 5.65 Å².